The lowest BCUT2D eigenvalue weighted by atomic mass is 10.0. The van der Waals surface area contributed by atoms with Crippen LogP contribution in [0.15, 0.2) is 42.5 Å². The van der Waals surface area contributed by atoms with Crippen LogP contribution in [0.5, 0.6) is 11.5 Å². The zero-order chi connectivity index (χ0) is 16.1. The molecule has 0 saturated heterocycles. The third-order valence-corrected chi connectivity index (χ3v) is 3.43. The molecular weight excluding hydrogens is 304 g/mol. The molecule has 0 atom stereocenters. The Morgan fingerprint density at radius 2 is 1.64 bits per heavy atom. The average Bonchev–Trinajstić information content (AvgIpc) is 2.54. The van der Waals surface area contributed by atoms with Crippen molar-refractivity contribution < 1.29 is 19.1 Å². The van der Waals surface area contributed by atoms with Crippen molar-refractivity contribution in [2.45, 2.75) is 6.42 Å². The number of hydrogen-bond donors (Lipinski definition) is 0. The number of benzene rings is 2. The second-order valence-corrected chi connectivity index (χ2v) is 5.03. The predicted molar refractivity (Wildman–Crippen MR) is 84.3 cm³/mol. The Kier molecular flexibility index (Phi) is 5.17. The molecule has 0 bridgehead atoms. The van der Waals surface area contributed by atoms with Crippen LogP contribution in [0.25, 0.3) is 0 Å². The van der Waals surface area contributed by atoms with E-state index in [1.54, 1.807) is 43.5 Å². The van der Waals surface area contributed by atoms with Gasteiger partial charge >= 0.3 is 0 Å². The highest BCUT2D eigenvalue weighted by atomic mass is 35.5. The van der Waals surface area contributed by atoms with E-state index in [4.69, 9.17) is 21.1 Å². The number of halogens is 1. The molecule has 2 aromatic carbocycles. The molecule has 0 unspecified atom stereocenters. The van der Waals surface area contributed by atoms with Crippen molar-refractivity contribution in [2.24, 2.45) is 0 Å². The monoisotopic (exact) mass is 318 g/mol. The minimum Gasteiger partial charge on any atom is -0.497 e. The maximum Gasteiger partial charge on any atom is 0.174 e. The molecule has 0 amide bonds. The number of rotatable bonds is 6. The van der Waals surface area contributed by atoms with E-state index in [1.165, 1.54) is 13.2 Å². The van der Waals surface area contributed by atoms with Crippen LogP contribution in [0.4, 0.5) is 0 Å². The molecule has 22 heavy (non-hydrogen) atoms. The number of ether oxygens (including phenoxy) is 2. The van der Waals surface area contributed by atoms with Gasteiger partial charge in [-0.15, -0.1) is 0 Å². The summed E-state index contributed by atoms with van der Waals surface area (Å²) in [5.41, 5.74) is 0.756. The molecular formula is C17H15ClO4. The SMILES string of the molecule is COc1ccc(C(=O)CC(=O)c2cc(Cl)ccc2OC)cc1. The van der Waals surface area contributed by atoms with E-state index in [-0.39, 0.29) is 18.0 Å². The fourth-order valence-corrected chi connectivity index (χ4v) is 2.19. The Morgan fingerprint density at radius 3 is 2.23 bits per heavy atom. The summed E-state index contributed by atoms with van der Waals surface area (Å²) in [4.78, 5) is 24.5. The first-order chi connectivity index (χ1) is 10.5. The third-order valence-electron chi connectivity index (χ3n) is 3.20. The van der Waals surface area contributed by atoms with Crippen LogP contribution in [0.2, 0.25) is 5.02 Å². The molecule has 0 aliphatic heterocycles. The van der Waals surface area contributed by atoms with Gasteiger partial charge in [-0.3, -0.25) is 9.59 Å². The number of Topliss-reactive ketones (excluding diaryl/α,β-unsaturated/α-hetero) is 2. The summed E-state index contributed by atoms with van der Waals surface area (Å²) in [6.45, 7) is 0. The van der Waals surface area contributed by atoms with Crippen LogP contribution >= 0.6 is 11.6 Å². The molecule has 4 nitrogen and oxygen atoms in total. The van der Waals surface area contributed by atoms with Crippen molar-refractivity contribution in [2.75, 3.05) is 14.2 Å². The largest absolute Gasteiger partial charge is 0.497 e. The molecule has 2 rings (SSSR count). The number of carbonyl (C=O) groups excluding carboxylic acids is 2. The summed E-state index contributed by atoms with van der Waals surface area (Å²) in [5.74, 6) is 0.450. The van der Waals surface area contributed by atoms with Crippen LogP contribution < -0.4 is 9.47 Å². The first-order valence-electron chi connectivity index (χ1n) is 6.59. The first-order valence-corrected chi connectivity index (χ1v) is 6.97. The molecule has 0 aliphatic carbocycles. The standard InChI is InChI=1S/C17H15ClO4/c1-21-13-6-3-11(4-7-13)15(19)10-16(20)14-9-12(18)5-8-17(14)22-2/h3-9H,10H2,1-2H3. The van der Waals surface area contributed by atoms with Gasteiger partial charge < -0.3 is 9.47 Å². The fraction of sp³-hybridized carbons (Fsp3) is 0.176. The Labute approximate surface area is 133 Å². The van der Waals surface area contributed by atoms with Crippen LogP contribution in [0.3, 0.4) is 0 Å². The van der Waals surface area contributed by atoms with E-state index in [2.05, 4.69) is 0 Å². The molecule has 0 heterocycles. The molecule has 0 aromatic heterocycles. The number of carbonyl (C=O) groups is 2. The van der Waals surface area contributed by atoms with Gasteiger partial charge in [-0.05, 0) is 42.5 Å². The zero-order valence-corrected chi connectivity index (χ0v) is 13.0. The molecule has 0 aliphatic rings. The maximum absolute atomic E-state index is 12.3. The van der Waals surface area contributed by atoms with Crippen molar-refractivity contribution in [3.8, 4) is 11.5 Å². The van der Waals surface area contributed by atoms with Crippen LogP contribution in [0, 0.1) is 0 Å². The number of ketones is 2. The summed E-state index contributed by atoms with van der Waals surface area (Å²) < 4.78 is 10.2. The second-order valence-electron chi connectivity index (χ2n) is 4.60. The van der Waals surface area contributed by atoms with Crippen molar-refractivity contribution >= 4 is 23.2 Å². The minimum absolute atomic E-state index is 0.247. The highest BCUT2D eigenvalue weighted by molar-refractivity contribution is 6.31. The molecule has 114 valence electrons. The number of hydrogen-bond acceptors (Lipinski definition) is 4. The topological polar surface area (TPSA) is 52.6 Å². The summed E-state index contributed by atoms with van der Waals surface area (Å²) in [5, 5.41) is 0.418. The average molecular weight is 319 g/mol. The zero-order valence-electron chi connectivity index (χ0n) is 12.3. The smallest absolute Gasteiger partial charge is 0.174 e. The van der Waals surface area contributed by atoms with E-state index in [0.717, 1.165) is 0 Å². The quantitative estimate of drug-likeness (QED) is 0.600. The molecule has 0 fully saturated rings. The summed E-state index contributed by atoms with van der Waals surface area (Å²) in [7, 11) is 3.01. The van der Waals surface area contributed by atoms with Gasteiger partial charge in [0.1, 0.15) is 11.5 Å². The van der Waals surface area contributed by atoms with Gasteiger partial charge in [-0.25, -0.2) is 0 Å². The lowest BCUT2D eigenvalue weighted by molar-refractivity contribution is 0.0893. The van der Waals surface area contributed by atoms with Gasteiger partial charge in [0.25, 0.3) is 0 Å². The van der Waals surface area contributed by atoms with Crippen molar-refractivity contribution in [1.82, 2.24) is 0 Å². The molecule has 0 radical (unpaired) electrons. The van der Waals surface area contributed by atoms with Gasteiger partial charge in [0.05, 0.1) is 26.2 Å². The van der Waals surface area contributed by atoms with Gasteiger partial charge in [-0.2, -0.15) is 0 Å². The van der Waals surface area contributed by atoms with Crippen LogP contribution in [-0.4, -0.2) is 25.8 Å². The van der Waals surface area contributed by atoms with Gasteiger partial charge in [0.2, 0.25) is 0 Å². The second kappa shape index (κ2) is 7.09. The Hall–Kier alpha value is -2.33. The molecule has 5 heteroatoms. The fourth-order valence-electron chi connectivity index (χ4n) is 2.02. The van der Waals surface area contributed by atoms with Crippen molar-refractivity contribution in [3.63, 3.8) is 0 Å². The molecule has 2 aromatic rings. The molecule has 0 N–H and O–H groups in total. The van der Waals surface area contributed by atoms with E-state index < -0.39 is 0 Å². The van der Waals surface area contributed by atoms with Crippen LogP contribution in [-0.2, 0) is 0 Å². The van der Waals surface area contributed by atoms with Gasteiger partial charge in [0, 0.05) is 10.6 Å². The number of methoxy groups -OCH3 is 2. The highest BCUT2D eigenvalue weighted by Gasteiger charge is 2.17. The van der Waals surface area contributed by atoms with Crippen molar-refractivity contribution in [1.29, 1.82) is 0 Å². The summed E-state index contributed by atoms with van der Waals surface area (Å²) in [6, 6.07) is 11.3. The minimum atomic E-state index is -0.333. The first kappa shape index (κ1) is 16.0. The Bertz CT molecular complexity index is 692. The lowest BCUT2D eigenvalue weighted by Gasteiger charge is -2.08. The van der Waals surface area contributed by atoms with Gasteiger partial charge in [-0.1, -0.05) is 11.6 Å². The van der Waals surface area contributed by atoms with E-state index in [1.807, 2.05) is 0 Å². The molecule has 0 spiro atoms. The maximum atomic E-state index is 12.3. The summed E-state index contributed by atoms with van der Waals surface area (Å²) in [6.07, 6.45) is -0.247. The van der Waals surface area contributed by atoms with E-state index in [9.17, 15) is 9.59 Å². The normalized spacial score (nSPS) is 10.1. The Morgan fingerprint density at radius 1 is 0.955 bits per heavy atom. The third kappa shape index (κ3) is 3.65. The molecule has 0 saturated carbocycles. The van der Waals surface area contributed by atoms with E-state index >= 15 is 0 Å². The van der Waals surface area contributed by atoms with Gasteiger partial charge in [0.15, 0.2) is 11.6 Å². The van der Waals surface area contributed by atoms with Crippen LogP contribution in [0.1, 0.15) is 27.1 Å². The Balaban J connectivity index is 2.17. The highest BCUT2D eigenvalue weighted by Crippen LogP contribution is 2.24. The van der Waals surface area contributed by atoms with Crippen molar-refractivity contribution in [3.05, 3.63) is 58.6 Å². The summed E-state index contributed by atoms with van der Waals surface area (Å²) >= 11 is 5.90. The predicted octanol–water partition coefficient (Wildman–Crippen LogP) is 3.81. The lowest BCUT2D eigenvalue weighted by Crippen LogP contribution is -2.10. The van der Waals surface area contributed by atoms with E-state index in [0.29, 0.717) is 27.6 Å².